The van der Waals surface area contributed by atoms with Gasteiger partial charge < -0.3 is 14.6 Å². The monoisotopic (exact) mass is 431 g/mol. The summed E-state index contributed by atoms with van der Waals surface area (Å²) in [5.74, 6) is 0.955. The smallest absolute Gasteiger partial charge is 0.326 e. The van der Waals surface area contributed by atoms with Gasteiger partial charge in [-0.05, 0) is 52.2 Å². The Labute approximate surface area is 183 Å². The molecule has 1 fully saturated rings. The van der Waals surface area contributed by atoms with Crippen LogP contribution in [0.1, 0.15) is 59.3 Å². The van der Waals surface area contributed by atoms with Crippen molar-refractivity contribution in [3.8, 4) is 0 Å². The average Bonchev–Trinajstić information content (AvgIpc) is 3.04. The quantitative estimate of drug-likeness (QED) is 0.377. The molecular formula is C23H33N3O3S. The van der Waals surface area contributed by atoms with Crippen molar-refractivity contribution in [3.05, 3.63) is 24.3 Å². The van der Waals surface area contributed by atoms with Crippen LogP contribution in [-0.4, -0.2) is 39.3 Å². The number of carbonyl (C=O) groups is 2. The summed E-state index contributed by atoms with van der Waals surface area (Å²) in [5.41, 5.74) is 1.28. The summed E-state index contributed by atoms with van der Waals surface area (Å²) in [6.45, 7) is 6.42. The third-order valence-corrected chi connectivity index (χ3v) is 6.22. The zero-order valence-corrected chi connectivity index (χ0v) is 19.1. The Morgan fingerprint density at radius 2 is 1.93 bits per heavy atom. The number of aromatic nitrogens is 2. The number of hydrogen-bond donors (Lipinski definition) is 1. The van der Waals surface area contributed by atoms with E-state index in [1.165, 1.54) is 19.3 Å². The lowest BCUT2D eigenvalue weighted by atomic mass is 9.89. The molecule has 0 atom stereocenters. The number of nitrogens with zero attached hydrogens (tertiary/aromatic N) is 2. The number of nitrogens with one attached hydrogen (secondary N) is 1. The van der Waals surface area contributed by atoms with E-state index in [1.54, 1.807) is 11.8 Å². The molecule has 6 nitrogen and oxygen atoms in total. The van der Waals surface area contributed by atoms with Crippen LogP contribution < -0.4 is 5.32 Å². The summed E-state index contributed by atoms with van der Waals surface area (Å²) in [6.07, 6.45) is 6.50. The van der Waals surface area contributed by atoms with Crippen molar-refractivity contribution in [2.75, 3.05) is 12.3 Å². The maximum Gasteiger partial charge on any atom is 0.326 e. The van der Waals surface area contributed by atoms with Gasteiger partial charge in [-0.2, -0.15) is 0 Å². The maximum atomic E-state index is 12.4. The number of benzene rings is 1. The molecule has 0 unspecified atom stereocenters. The lowest BCUT2D eigenvalue weighted by Gasteiger charge is -2.20. The van der Waals surface area contributed by atoms with E-state index in [9.17, 15) is 9.59 Å². The van der Waals surface area contributed by atoms with Gasteiger partial charge in [-0.15, -0.1) is 0 Å². The number of para-hydroxylation sites is 2. The van der Waals surface area contributed by atoms with Gasteiger partial charge in [0, 0.05) is 18.2 Å². The predicted molar refractivity (Wildman–Crippen MR) is 121 cm³/mol. The van der Waals surface area contributed by atoms with Gasteiger partial charge in [0.05, 0.1) is 11.0 Å². The van der Waals surface area contributed by atoms with Gasteiger partial charge in [-0.1, -0.05) is 43.2 Å². The molecule has 3 rings (SSSR count). The fourth-order valence-corrected chi connectivity index (χ4v) is 4.73. The van der Waals surface area contributed by atoms with E-state index >= 15 is 0 Å². The number of ether oxygens (including phenoxy) is 1. The Morgan fingerprint density at radius 1 is 1.20 bits per heavy atom. The Balaban J connectivity index is 1.54. The van der Waals surface area contributed by atoms with Gasteiger partial charge in [0.1, 0.15) is 12.1 Å². The number of amides is 1. The van der Waals surface area contributed by atoms with Gasteiger partial charge in [-0.25, -0.2) is 4.98 Å². The van der Waals surface area contributed by atoms with Crippen molar-refractivity contribution in [2.24, 2.45) is 5.92 Å². The molecule has 2 aromatic rings. The fraction of sp³-hybridized carbons (Fsp3) is 0.609. The number of carbonyl (C=O) groups excluding carboxylic acids is 2. The van der Waals surface area contributed by atoms with E-state index < -0.39 is 5.60 Å². The molecule has 0 aliphatic heterocycles. The van der Waals surface area contributed by atoms with E-state index in [4.69, 9.17) is 9.72 Å². The van der Waals surface area contributed by atoms with Gasteiger partial charge >= 0.3 is 5.97 Å². The lowest BCUT2D eigenvalue weighted by Crippen LogP contribution is -2.32. The highest BCUT2D eigenvalue weighted by Crippen LogP contribution is 2.26. The minimum absolute atomic E-state index is 0.137. The number of rotatable bonds is 8. The molecule has 1 saturated carbocycles. The van der Waals surface area contributed by atoms with Crippen LogP contribution in [0.4, 0.5) is 0 Å². The molecule has 1 aromatic heterocycles. The molecule has 0 radical (unpaired) electrons. The summed E-state index contributed by atoms with van der Waals surface area (Å²) in [7, 11) is 0. The third-order valence-electron chi connectivity index (χ3n) is 5.15. The van der Waals surface area contributed by atoms with Crippen LogP contribution in [0.2, 0.25) is 0 Å². The Hall–Kier alpha value is -2.02. The zero-order valence-electron chi connectivity index (χ0n) is 18.3. The van der Waals surface area contributed by atoms with Crippen molar-refractivity contribution in [2.45, 2.75) is 76.6 Å². The molecule has 0 saturated heterocycles. The highest BCUT2D eigenvalue weighted by Gasteiger charge is 2.21. The number of hydrogen-bond acceptors (Lipinski definition) is 5. The molecule has 30 heavy (non-hydrogen) atoms. The molecule has 1 aliphatic carbocycles. The molecule has 7 heteroatoms. The first kappa shape index (κ1) is 22.7. The summed E-state index contributed by atoms with van der Waals surface area (Å²) < 4.78 is 7.42. The standard InChI is InChI=1S/C23H33N3O3S/c1-23(2,3)29-20(27)16-26-19-13-8-7-12-18(19)25-22(26)30-15-9-14-24-21(28)17-10-5-4-6-11-17/h7-8,12-13,17H,4-6,9-11,14-16H2,1-3H3,(H,24,28). The molecule has 164 valence electrons. The number of esters is 1. The average molecular weight is 432 g/mol. The second-order valence-electron chi connectivity index (χ2n) is 8.88. The highest BCUT2D eigenvalue weighted by atomic mass is 32.2. The van der Waals surface area contributed by atoms with Crippen molar-refractivity contribution in [1.29, 1.82) is 0 Å². The molecule has 0 spiro atoms. The van der Waals surface area contributed by atoms with Crippen LogP contribution in [0.3, 0.4) is 0 Å². The summed E-state index contributed by atoms with van der Waals surface area (Å²) in [5, 5.41) is 3.89. The van der Waals surface area contributed by atoms with Crippen molar-refractivity contribution in [3.63, 3.8) is 0 Å². The van der Waals surface area contributed by atoms with Gasteiger partial charge in [-0.3, -0.25) is 9.59 Å². The van der Waals surface area contributed by atoms with Crippen LogP contribution in [0.25, 0.3) is 11.0 Å². The predicted octanol–water partition coefficient (Wildman–Crippen LogP) is 4.56. The summed E-state index contributed by atoms with van der Waals surface area (Å²) in [4.78, 5) is 29.3. The van der Waals surface area contributed by atoms with Crippen molar-refractivity contribution in [1.82, 2.24) is 14.9 Å². The molecule has 1 heterocycles. The number of thioether (sulfide) groups is 1. The molecular weight excluding hydrogens is 398 g/mol. The van der Waals surface area contributed by atoms with Gasteiger partial charge in [0.25, 0.3) is 0 Å². The Morgan fingerprint density at radius 3 is 2.67 bits per heavy atom. The molecule has 1 aromatic carbocycles. The first-order valence-electron chi connectivity index (χ1n) is 10.9. The van der Waals surface area contributed by atoms with Crippen LogP contribution in [-0.2, 0) is 20.9 Å². The topological polar surface area (TPSA) is 73.2 Å². The Kier molecular flexibility index (Phi) is 7.81. The van der Waals surface area contributed by atoms with Crippen molar-refractivity contribution >= 4 is 34.7 Å². The molecule has 1 aliphatic rings. The van der Waals surface area contributed by atoms with E-state index in [1.807, 2.05) is 49.6 Å². The zero-order chi connectivity index (χ0) is 21.6. The number of fused-ring (bicyclic) bond motifs is 1. The third kappa shape index (κ3) is 6.49. The van der Waals surface area contributed by atoms with Gasteiger partial charge in [0.2, 0.25) is 5.91 Å². The first-order chi connectivity index (χ1) is 14.3. The Bertz CT molecular complexity index is 866. The van der Waals surface area contributed by atoms with Crippen LogP contribution in [0.5, 0.6) is 0 Å². The minimum atomic E-state index is -0.517. The fourth-order valence-electron chi connectivity index (χ4n) is 3.78. The minimum Gasteiger partial charge on any atom is -0.459 e. The summed E-state index contributed by atoms with van der Waals surface area (Å²) >= 11 is 1.61. The molecule has 0 bridgehead atoms. The van der Waals surface area contributed by atoms with Crippen LogP contribution in [0, 0.1) is 5.92 Å². The van der Waals surface area contributed by atoms with Crippen molar-refractivity contribution < 1.29 is 14.3 Å². The second kappa shape index (κ2) is 10.3. The highest BCUT2D eigenvalue weighted by molar-refractivity contribution is 7.99. The SMILES string of the molecule is CC(C)(C)OC(=O)Cn1c(SCCCNC(=O)C2CCCCC2)nc2ccccc21. The van der Waals surface area contributed by atoms with E-state index in [-0.39, 0.29) is 24.3 Å². The van der Waals surface area contributed by atoms with E-state index in [0.717, 1.165) is 41.2 Å². The first-order valence-corrected chi connectivity index (χ1v) is 11.9. The van der Waals surface area contributed by atoms with E-state index in [0.29, 0.717) is 6.54 Å². The largest absolute Gasteiger partial charge is 0.459 e. The number of imidazole rings is 1. The second-order valence-corrected chi connectivity index (χ2v) is 9.95. The maximum absolute atomic E-state index is 12.4. The lowest BCUT2D eigenvalue weighted by molar-refractivity contribution is -0.155. The summed E-state index contributed by atoms with van der Waals surface area (Å²) in [6, 6.07) is 7.82. The normalized spacial score (nSPS) is 15.3. The van der Waals surface area contributed by atoms with Crippen LogP contribution >= 0.6 is 11.8 Å². The van der Waals surface area contributed by atoms with Gasteiger partial charge in [0.15, 0.2) is 5.16 Å². The van der Waals surface area contributed by atoms with Crippen LogP contribution in [0.15, 0.2) is 29.4 Å². The van der Waals surface area contributed by atoms with E-state index in [2.05, 4.69) is 5.32 Å². The molecule has 1 N–H and O–H groups in total. The molecule has 1 amide bonds.